The van der Waals surface area contributed by atoms with Crippen molar-refractivity contribution in [1.82, 2.24) is 15.2 Å². The molecule has 1 heterocycles. The van der Waals surface area contributed by atoms with Crippen LogP contribution in [0.1, 0.15) is 52.4 Å². The normalized spacial score (nSPS) is 16.5. The maximum absolute atomic E-state index is 14.5. The summed E-state index contributed by atoms with van der Waals surface area (Å²) in [6.45, 7) is 1.71. The Morgan fingerprint density at radius 3 is 2.31 bits per heavy atom. The zero-order chi connectivity index (χ0) is 26.8. The van der Waals surface area contributed by atoms with Gasteiger partial charge in [0.2, 0.25) is 5.91 Å². The topological polar surface area (TPSA) is 88.3 Å². The number of aryl methyl sites for hydroxylation is 1. The summed E-state index contributed by atoms with van der Waals surface area (Å²) in [6.07, 6.45) is -3.61. The molecule has 0 unspecified atom stereocenters. The van der Waals surface area contributed by atoms with Crippen molar-refractivity contribution in [2.75, 3.05) is 20.6 Å². The molecule has 1 fully saturated rings. The van der Waals surface area contributed by atoms with Gasteiger partial charge in [-0.1, -0.05) is 12.1 Å². The van der Waals surface area contributed by atoms with Crippen molar-refractivity contribution in [2.24, 2.45) is 11.1 Å². The van der Waals surface area contributed by atoms with E-state index in [9.17, 15) is 31.5 Å². The average molecular weight is 513 g/mol. The Labute approximate surface area is 206 Å². The van der Waals surface area contributed by atoms with Crippen LogP contribution < -0.4 is 11.1 Å². The van der Waals surface area contributed by atoms with Gasteiger partial charge in [0.05, 0.1) is 11.0 Å². The first-order chi connectivity index (χ1) is 16.8. The molecule has 1 aromatic carbocycles. The molecular weight excluding hydrogens is 483 g/mol. The molecule has 0 aliphatic heterocycles. The molecule has 1 aromatic heterocycles. The van der Waals surface area contributed by atoms with Gasteiger partial charge >= 0.3 is 6.18 Å². The second-order valence-corrected chi connectivity index (χ2v) is 9.53. The van der Waals surface area contributed by atoms with Gasteiger partial charge in [0.25, 0.3) is 5.91 Å². The fraction of sp³-hybridized carbons (Fsp3) is 0.480. The zero-order valence-electron chi connectivity index (χ0n) is 20.3. The summed E-state index contributed by atoms with van der Waals surface area (Å²) in [5.41, 5.74) is 3.48. The van der Waals surface area contributed by atoms with Crippen LogP contribution in [0, 0.1) is 24.0 Å². The first kappa shape index (κ1) is 27.5. The molecule has 11 heteroatoms. The van der Waals surface area contributed by atoms with Gasteiger partial charge in [-0.05, 0) is 63.5 Å². The van der Waals surface area contributed by atoms with Gasteiger partial charge in [-0.2, -0.15) is 13.2 Å². The Balaban J connectivity index is 1.73. The summed E-state index contributed by atoms with van der Waals surface area (Å²) >= 11 is 0. The first-order valence-corrected chi connectivity index (χ1v) is 11.5. The van der Waals surface area contributed by atoms with Crippen LogP contribution in [0.3, 0.4) is 0 Å². The molecule has 196 valence electrons. The summed E-state index contributed by atoms with van der Waals surface area (Å²) in [5, 5.41) is 2.65. The van der Waals surface area contributed by atoms with E-state index >= 15 is 0 Å². The van der Waals surface area contributed by atoms with Crippen molar-refractivity contribution < 1.29 is 31.5 Å². The number of nitrogens with two attached hydrogens (primary N) is 1. The van der Waals surface area contributed by atoms with Crippen molar-refractivity contribution in [1.29, 1.82) is 0 Å². The number of alkyl halides is 3. The molecule has 1 aliphatic rings. The first-order valence-electron chi connectivity index (χ1n) is 11.5. The van der Waals surface area contributed by atoms with E-state index in [4.69, 9.17) is 5.73 Å². The molecule has 3 N–H and O–H groups in total. The van der Waals surface area contributed by atoms with E-state index in [1.807, 2.05) is 0 Å². The maximum Gasteiger partial charge on any atom is 0.395 e. The largest absolute Gasteiger partial charge is 0.395 e. The maximum atomic E-state index is 14.5. The highest BCUT2D eigenvalue weighted by atomic mass is 19.4. The van der Waals surface area contributed by atoms with Gasteiger partial charge in [0.1, 0.15) is 0 Å². The number of hydrogen-bond acceptors (Lipinski definition) is 4. The molecule has 2 amide bonds. The molecule has 6 nitrogen and oxygen atoms in total. The quantitative estimate of drug-likeness (QED) is 0.473. The van der Waals surface area contributed by atoms with E-state index in [1.54, 1.807) is 38.1 Å². The number of benzene rings is 1. The second-order valence-electron chi connectivity index (χ2n) is 9.53. The standard InChI is InChI=1S/C25H29F5N4O2/c1-14-4-5-16(12-32-14)19(24(8-9-24)25(28,29)30)11-20(35)33-13-17(34(2)3)10-15-6-7-18(23(31)36)22(27)21(15)26/h4-7,12,17,19H,8-11,13H2,1-3H3,(H2,31,36)(H,33,35)/t17-,19-/m0/s1. The second kappa shape index (κ2) is 10.5. The summed E-state index contributed by atoms with van der Waals surface area (Å²) in [4.78, 5) is 29.8. The predicted molar refractivity (Wildman–Crippen MR) is 123 cm³/mol. The Kier molecular flexibility index (Phi) is 8.02. The van der Waals surface area contributed by atoms with Gasteiger partial charge in [-0.3, -0.25) is 14.6 Å². The Bertz CT molecular complexity index is 1110. The minimum absolute atomic E-state index is 0.0116. The van der Waals surface area contributed by atoms with Gasteiger partial charge in [0.15, 0.2) is 11.6 Å². The van der Waals surface area contributed by atoms with Crippen molar-refractivity contribution in [2.45, 2.75) is 50.7 Å². The fourth-order valence-corrected chi connectivity index (χ4v) is 4.40. The van der Waals surface area contributed by atoms with Crippen LogP contribution >= 0.6 is 0 Å². The molecule has 2 atom stereocenters. The summed E-state index contributed by atoms with van der Waals surface area (Å²) < 4.78 is 70.4. The molecule has 2 aromatic rings. The molecule has 3 rings (SSSR count). The van der Waals surface area contributed by atoms with Crippen LogP contribution in [0.5, 0.6) is 0 Å². The fourth-order valence-electron chi connectivity index (χ4n) is 4.40. The summed E-state index contributed by atoms with van der Waals surface area (Å²) in [5.74, 6) is -5.33. The minimum Gasteiger partial charge on any atom is -0.366 e. The number of amides is 2. The Hall–Kier alpha value is -3.08. The lowest BCUT2D eigenvalue weighted by Gasteiger charge is -2.30. The van der Waals surface area contributed by atoms with Crippen LogP contribution in [-0.4, -0.2) is 54.6 Å². The minimum atomic E-state index is -4.46. The van der Waals surface area contributed by atoms with E-state index in [0.29, 0.717) is 11.3 Å². The van der Waals surface area contributed by atoms with E-state index in [0.717, 1.165) is 6.07 Å². The Morgan fingerprint density at radius 2 is 1.81 bits per heavy atom. The number of primary amides is 1. The SMILES string of the molecule is Cc1ccc([C@H](CC(=O)NC[C@H](Cc2ccc(C(N)=O)c(F)c2F)N(C)C)C2(C(F)(F)F)CC2)cn1. The van der Waals surface area contributed by atoms with Crippen LogP contribution in [0.4, 0.5) is 22.0 Å². The lowest BCUT2D eigenvalue weighted by atomic mass is 9.80. The number of carbonyl (C=O) groups excluding carboxylic acids is 2. The number of carbonyl (C=O) groups is 2. The van der Waals surface area contributed by atoms with Crippen molar-refractivity contribution in [3.63, 3.8) is 0 Å². The predicted octanol–water partition coefficient (Wildman–Crippen LogP) is 3.87. The number of nitrogens with one attached hydrogen (secondary N) is 1. The van der Waals surface area contributed by atoms with E-state index in [2.05, 4.69) is 10.3 Å². The third-order valence-corrected chi connectivity index (χ3v) is 6.89. The lowest BCUT2D eigenvalue weighted by Crippen LogP contribution is -2.43. The molecule has 0 bridgehead atoms. The van der Waals surface area contributed by atoms with Gasteiger partial charge in [0, 0.05) is 36.8 Å². The highest BCUT2D eigenvalue weighted by molar-refractivity contribution is 5.93. The third-order valence-electron chi connectivity index (χ3n) is 6.89. The van der Waals surface area contributed by atoms with Crippen molar-refractivity contribution in [3.8, 4) is 0 Å². The highest BCUT2D eigenvalue weighted by Gasteiger charge is 2.67. The number of likely N-dealkylation sites (N-methyl/N-ethyl adjacent to an activating group) is 1. The number of nitrogens with zero attached hydrogens (tertiary/aromatic N) is 2. The van der Waals surface area contributed by atoms with Crippen LogP contribution in [0.25, 0.3) is 0 Å². The molecule has 1 aliphatic carbocycles. The van der Waals surface area contributed by atoms with Crippen LogP contribution in [0.15, 0.2) is 30.5 Å². The number of aromatic nitrogens is 1. The summed E-state index contributed by atoms with van der Waals surface area (Å²) in [7, 11) is 3.35. The Morgan fingerprint density at radius 1 is 1.14 bits per heavy atom. The third kappa shape index (κ3) is 5.83. The number of halogens is 5. The zero-order valence-corrected chi connectivity index (χ0v) is 20.3. The van der Waals surface area contributed by atoms with Crippen molar-refractivity contribution >= 4 is 11.8 Å². The number of pyridine rings is 1. The highest BCUT2D eigenvalue weighted by Crippen LogP contribution is 2.66. The molecule has 0 saturated heterocycles. The van der Waals surface area contributed by atoms with Gasteiger partial charge < -0.3 is 16.0 Å². The summed E-state index contributed by atoms with van der Waals surface area (Å²) in [6, 6.07) is 5.03. The van der Waals surface area contributed by atoms with E-state index in [1.165, 1.54) is 12.3 Å². The van der Waals surface area contributed by atoms with E-state index < -0.39 is 52.6 Å². The van der Waals surface area contributed by atoms with Gasteiger partial charge in [-0.25, -0.2) is 8.78 Å². The average Bonchev–Trinajstić information content (AvgIpc) is 3.60. The molecule has 36 heavy (non-hydrogen) atoms. The van der Waals surface area contributed by atoms with E-state index in [-0.39, 0.29) is 37.8 Å². The smallest absolute Gasteiger partial charge is 0.366 e. The molecule has 0 spiro atoms. The lowest BCUT2D eigenvalue weighted by molar-refractivity contribution is -0.194. The number of rotatable bonds is 10. The molecular formula is C25H29F5N4O2. The number of hydrogen-bond donors (Lipinski definition) is 2. The van der Waals surface area contributed by atoms with Crippen LogP contribution in [-0.2, 0) is 11.2 Å². The monoisotopic (exact) mass is 512 g/mol. The molecule has 0 radical (unpaired) electrons. The molecule has 1 saturated carbocycles. The van der Waals surface area contributed by atoms with Crippen molar-refractivity contribution in [3.05, 3.63) is 64.5 Å². The van der Waals surface area contributed by atoms with Crippen LogP contribution in [0.2, 0.25) is 0 Å². The van der Waals surface area contributed by atoms with Gasteiger partial charge in [-0.15, -0.1) is 0 Å².